The summed E-state index contributed by atoms with van der Waals surface area (Å²) in [7, 11) is 0. The van der Waals surface area contributed by atoms with Crippen LogP contribution in [-0.2, 0) is 9.59 Å². The Balaban J connectivity index is 0.00000220. The van der Waals surface area contributed by atoms with Crippen LogP contribution in [0.15, 0.2) is 24.3 Å². The number of aliphatic carboxylic acids is 1. The van der Waals surface area contributed by atoms with Crippen LogP contribution < -0.4 is 5.32 Å². The lowest BCUT2D eigenvalue weighted by molar-refractivity contribution is -0.143. The number of benzene rings is 1. The first-order valence-corrected chi connectivity index (χ1v) is 7.63. The third-order valence-corrected chi connectivity index (χ3v) is 4.08. The van der Waals surface area contributed by atoms with Gasteiger partial charge in [0, 0.05) is 9.26 Å². The van der Waals surface area contributed by atoms with Gasteiger partial charge in [-0.05, 0) is 66.7 Å². The summed E-state index contributed by atoms with van der Waals surface area (Å²) in [5, 5.41) is 11.8. The van der Waals surface area contributed by atoms with Crippen molar-refractivity contribution in [2.45, 2.75) is 12.8 Å². The van der Waals surface area contributed by atoms with Crippen LogP contribution in [0.3, 0.4) is 0 Å². The van der Waals surface area contributed by atoms with E-state index in [1.54, 1.807) is 0 Å². The van der Waals surface area contributed by atoms with Crippen molar-refractivity contribution in [3.8, 4) is 0 Å². The van der Waals surface area contributed by atoms with Crippen molar-refractivity contribution in [2.24, 2.45) is 5.92 Å². The van der Waals surface area contributed by atoms with Gasteiger partial charge in [-0.2, -0.15) is 0 Å². The van der Waals surface area contributed by atoms with Gasteiger partial charge in [0.05, 0.1) is 12.5 Å². The fraction of sp³-hybridized carbons (Fsp3) is 0.429. The molecular weight excluding hydrogens is 407 g/mol. The standard InChI is InChI=1S/C14H17IN2O3.ClH/c15-11-2-1-3-12(8-11)16-13(18)9-17-6-4-10(5-7-17)14(19)20;/h1-3,8,10H,4-7,9H2,(H,16,18)(H,19,20);1H. The Hall–Kier alpha value is -0.860. The molecular formula is C14H18ClIN2O3. The van der Waals surface area contributed by atoms with E-state index in [1.807, 2.05) is 29.2 Å². The van der Waals surface area contributed by atoms with E-state index in [4.69, 9.17) is 5.11 Å². The summed E-state index contributed by atoms with van der Waals surface area (Å²) in [6.07, 6.45) is 1.23. The lowest BCUT2D eigenvalue weighted by atomic mass is 9.97. The molecule has 2 N–H and O–H groups in total. The molecule has 1 aliphatic rings. The molecule has 1 heterocycles. The molecule has 0 unspecified atom stereocenters. The molecule has 0 aromatic heterocycles. The summed E-state index contributed by atoms with van der Waals surface area (Å²) in [6, 6.07) is 7.63. The fourth-order valence-corrected chi connectivity index (χ4v) is 2.85. The van der Waals surface area contributed by atoms with Gasteiger partial charge in [0.1, 0.15) is 0 Å². The Kier molecular flexibility index (Phi) is 7.41. The molecule has 0 saturated carbocycles. The van der Waals surface area contributed by atoms with Crippen molar-refractivity contribution in [1.82, 2.24) is 4.90 Å². The van der Waals surface area contributed by atoms with Gasteiger partial charge in [0.15, 0.2) is 0 Å². The van der Waals surface area contributed by atoms with Gasteiger partial charge < -0.3 is 10.4 Å². The Morgan fingerprint density at radius 1 is 1.33 bits per heavy atom. The van der Waals surface area contributed by atoms with Crippen LogP contribution in [0, 0.1) is 9.49 Å². The number of rotatable bonds is 4. The summed E-state index contributed by atoms with van der Waals surface area (Å²) in [6.45, 7) is 1.64. The zero-order chi connectivity index (χ0) is 14.5. The molecule has 0 spiro atoms. The quantitative estimate of drug-likeness (QED) is 0.729. The zero-order valence-corrected chi connectivity index (χ0v) is 14.4. The van der Waals surface area contributed by atoms with Gasteiger partial charge in [-0.1, -0.05) is 6.07 Å². The molecule has 1 aromatic rings. The SMILES string of the molecule is Cl.O=C(CN1CCC(C(=O)O)CC1)Nc1cccc(I)c1. The molecule has 0 atom stereocenters. The van der Waals surface area contributed by atoms with E-state index in [2.05, 4.69) is 27.9 Å². The Bertz CT molecular complexity index is 505. The number of nitrogens with one attached hydrogen (secondary N) is 1. The van der Waals surface area contributed by atoms with Gasteiger partial charge in [-0.3, -0.25) is 14.5 Å². The Labute approximate surface area is 143 Å². The molecule has 21 heavy (non-hydrogen) atoms. The monoisotopic (exact) mass is 424 g/mol. The van der Waals surface area contributed by atoms with Crippen molar-refractivity contribution in [3.63, 3.8) is 0 Å². The number of hydrogen-bond acceptors (Lipinski definition) is 3. The predicted molar refractivity (Wildman–Crippen MR) is 91.8 cm³/mol. The molecule has 0 aliphatic carbocycles. The average molecular weight is 425 g/mol. The molecule has 2 rings (SSSR count). The largest absolute Gasteiger partial charge is 0.481 e. The highest BCUT2D eigenvalue weighted by atomic mass is 127. The minimum Gasteiger partial charge on any atom is -0.481 e. The highest BCUT2D eigenvalue weighted by Gasteiger charge is 2.25. The number of anilines is 1. The molecule has 1 aromatic carbocycles. The zero-order valence-electron chi connectivity index (χ0n) is 11.4. The Morgan fingerprint density at radius 2 is 2.00 bits per heavy atom. The number of carbonyl (C=O) groups is 2. The molecule has 7 heteroatoms. The van der Waals surface area contributed by atoms with Crippen molar-refractivity contribution in [3.05, 3.63) is 27.8 Å². The minimum atomic E-state index is -0.729. The maximum absolute atomic E-state index is 11.9. The second-order valence-corrected chi connectivity index (χ2v) is 6.19. The maximum Gasteiger partial charge on any atom is 0.306 e. The van der Waals surface area contributed by atoms with Crippen molar-refractivity contribution in [2.75, 3.05) is 25.0 Å². The fourth-order valence-electron chi connectivity index (χ4n) is 2.31. The molecule has 1 aliphatic heterocycles. The van der Waals surface area contributed by atoms with Crippen LogP contribution in [0.4, 0.5) is 5.69 Å². The lowest BCUT2D eigenvalue weighted by Gasteiger charge is -2.29. The Morgan fingerprint density at radius 3 is 2.57 bits per heavy atom. The van der Waals surface area contributed by atoms with Gasteiger partial charge in [0.2, 0.25) is 5.91 Å². The van der Waals surface area contributed by atoms with Crippen molar-refractivity contribution < 1.29 is 14.7 Å². The van der Waals surface area contributed by atoms with E-state index in [0.717, 1.165) is 9.26 Å². The molecule has 116 valence electrons. The number of carboxylic acids is 1. The van der Waals surface area contributed by atoms with E-state index in [-0.39, 0.29) is 24.2 Å². The van der Waals surface area contributed by atoms with Crippen LogP contribution >= 0.6 is 35.0 Å². The smallest absolute Gasteiger partial charge is 0.306 e. The molecule has 1 saturated heterocycles. The van der Waals surface area contributed by atoms with Crippen molar-refractivity contribution in [1.29, 1.82) is 0 Å². The number of nitrogens with zero attached hydrogens (tertiary/aromatic N) is 1. The number of likely N-dealkylation sites (tertiary alicyclic amines) is 1. The van der Waals surface area contributed by atoms with Gasteiger partial charge in [-0.15, -0.1) is 12.4 Å². The number of carboxylic acid groups (broad SMARTS) is 1. The van der Waals surface area contributed by atoms with Gasteiger partial charge in [0.25, 0.3) is 0 Å². The summed E-state index contributed by atoms with van der Waals surface area (Å²) >= 11 is 2.20. The first kappa shape index (κ1) is 18.2. The average Bonchev–Trinajstić information content (AvgIpc) is 2.39. The number of carbonyl (C=O) groups excluding carboxylic acids is 1. The summed E-state index contributed by atoms with van der Waals surface area (Å²) in [5.74, 6) is -1.04. The third kappa shape index (κ3) is 5.80. The topological polar surface area (TPSA) is 69.6 Å². The lowest BCUT2D eigenvalue weighted by Crippen LogP contribution is -2.40. The molecule has 1 amide bonds. The van der Waals surface area contributed by atoms with Crippen molar-refractivity contribution >= 4 is 52.6 Å². The summed E-state index contributed by atoms with van der Waals surface area (Å²) in [5.41, 5.74) is 0.794. The first-order valence-electron chi connectivity index (χ1n) is 6.55. The molecule has 0 radical (unpaired) electrons. The van der Waals surface area contributed by atoms with Gasteiger partial charge in [-0.25, -0.2) is 0 Å². The van der Waals surface area contributed by atoms with Gasteiger partial charge >= 0.3 is 5.97 Å². The second-order valence-electron chi connectivity index (χ2n) is 4.95. The summed E-state index contributed by atoms with van der Waals surface area (Å²) < 4.78 is 1.07. The van der Waals surface area contributed by atoms with Crippen LogP contribution in [0.2, 0.25) is 0 Å². The van der Waals surface area contributed by atoms with E-state index < -0.39 is 5.97 Å². The first-order chi connectivity index (χ1) is 9.54. The van der Waals surface area contributed by atoms with E-state index in [9.17, 15) is 9.59 Å². The van der Waals surface area contributed by atoms with E-state index >= 15 is 0 Å². The maximum atomic E-state index is 11.9. The van der Waals surface area contributed by atoms with Crippen LogP contribution in [0.1, 0.15) is 12.8 Å². The molecule has 0 bridgehead atoms. The van der Waals surface area contributed by atoms with E-state index in [1.165, 1.54) is 0 Å². The van der Waals surface area contributed by atoms with Crippen LogP contribution in [-0.4, -0.2) is 41.5 Å². The van der Waals surface area contributed by atoms with Crippen LogP contribution in [0.5, 0.6) is 0 Å². The third-order valence-electron chi connectivity index (χ3n) is 3.41. The van der Waals surface area contributed by atoms with E-state index in [0.29, 0.717) is 32.5 Å². The normalized spacial score (nSPS) is 16.0. The minimum absolute atomic E-state index is 0. The number of hydrogen-bond donors (Lipinski definition) is 2. The number of amides is 1. The summed E-state index contributed by atoms with van der Waals surface area (Å²) in [4.78, 5) is 24.8. The molecule has 5 nitrogen and oxygen atoms in total. The number of halogens is 2. The second kappa shape index (κ2) is 8.55. The number of piperidine rings is 1. The molecule has 1 fully saturated rings. The highest BCUT2D eigenvalue weighted by molar-refractivity contribution is 14.1. The van der Waals surface area contributed by atoms with Crippen LogP contribution in [0.25, 0.3) is 0 Å². The predicted octanol–water partition coefficient (Wildman–Crippen LogP) is 2.45. The highest BCUT2D eigenvalue weighted by Crippen LogP contribution is 2.17.